The van der Waals surface area contributed by atoms with Crippen LogP contribution in [0.15, 0.2) is 30.6 Å². The molecule has 0 amide bonds. The first-order valence-electron chi connectivity index (χ1n) is 9.79. The first kappa shape index (κ1) is 21.3. The zero-order chi connectivity index (χ0) is 23.8. The minimum Gasteiger partial charge on any atom is -0.504 e. The largest absolute Gasteiger partial charge is 0.504 e. The van der Waals surface area contributed by atoms with E-state index in [1.54, 1.807) is 0 Å². The summed E-state index contributed by atoms with van der Waals surface area (Å²) in [5.74, 6) is -1.77. The summed E-state index contributed by atoms with van der Waals surface area (Å²) in [5.41, 5.74) is -2.59. The molecule has 0 radical (unpaired) electrons. The van der Waals surface area contributed by atoms with Crippen LogP contribution in [0.4, 0.5) is 0 Å². The van der Waals surface area contributed by atoms with Crippen molar-refractivity contribution in [3.05, 3.63) is 33.0 Å². The number of aromatic hydroxyl groups is 2. The van der Waals surface area contributed by atoms with Crippen LogP contribution < -0.4 is 20.7 Å². The van der Waals surface area contributed by atoms with Gasteiger partial charge in [-0.1, -0.05) is 0 Å². The lowest BCUT2D eigenvalue weighted by atomic mass is 9.99. The van der Waals surface area contributed by atoms with Gasteiger partial charge in [0.25, 0.3) is 0 Å². The molecule has 1 saturated heterocycles. The summed E-state index contributed by atoms with van der Waals surface area (Å²) in [5, 5.41) is 50.3. The van der Waals surface area contributed by atoms with Crippen LogP contribution in [-0.4, -0.2) is 63.3 Å². The van der Waals surface area contributed by atoms with E-state index in [9.17, 15) is 35.1 Å². The number of hydrogen-bond acceptors (Lipinski definition) is 12. The number of benzene rings is 2. The molecule has 1 aliphatic heterocycles. The molecule has 1 aliphatic rings. The van der Waals surface area contributed by atoms with Crippen LogP contribution in [0.25, 0.3) is 32.7 Å². The number of hydrogen-bond donors (Lipinski definition) is 5. The Hall–Kier alpha value is -3.58. The molecule has 3 heterocycles. The van der Waals surface area contributed by atoms with Gasteiger partial charge in [-0.25, -0.2) is 9.59 Å². The van der Waals surface area contributed by atoms with E-state index in [0.29, 0.717) is 0 Å². The molecular formula is C21H18O12. The lowest BCUT2D eigenvalue weighted by Crippen LogP contribution is -2.58. The molecule has 12 heteroatoms. The fraction of sp³-hybridized carbons (Fsp3) is 0.333. The van der Waals surface area contributed by atoms with Gasteiger partial charge in [-0.3, -0.25) is 0 Å². The average molecular weight is 462 g/mol. The molecule has 33 heavy (non-hydrogen) atoms. The van der Waals surface area contributed by atoms with Gasteiger partial charge >= 0.3 is 11.3 Å². The smallest absolute Gasteiger partial charge is 0.344 e. The fourth-order valence-corrected chi connectivity index (χ4v) is 4.05. The lowest BCUT2D eigenvalue weighted by molar-refractivity contribution is -0.268. The van der Waals surface area contributed by atoms with Crippen molar-refractivity contribution in [2.45, 2.75) is 37.6 Å². The van der Waals surface area contributed by atoms with E-state index in [0.717, 1.165) is 6.07 Å². The molecule has 0 bridgehead atoms. The summed E-state index contributed by atoms with van der Waals surface area (Å²) in [6.45, 7) is 1.46. The van der Waals surface area contributed by atoms with Gasteiger partial charge in [-0.15, -0.1) is 0 Å². The Labute approximate surface area is 182 Å². The average Bonchev–Trinajstić information content (AvgIpc) is 2.79. The second-order valence-corrected chi connectivity index (χ2v) is 7.73. The number of methoxy groups -OCH3 is 1. The Morgan fingerprint density at radius 2 is 1.48 bits per heavy atom. The predicted octanol–water partition coefficient (Wildman–Crippen LogP) is 0.116. The number of aliphatic hydroxyl groups is 3. The van der Waals surface area contributed by atoms with Gasteiger partial charge in [0.1, 0.15) is 18.3 Å². The van der Waals surface area contributed by atoms with Crippen LogP contribution in [0, 0.1) is 0 Å². The minimum absolute atomic E-state index is 0.00686. The molecule has 0 saturated carbocycles. The topological polar surface area (TPSA) is 189 Å². The van der Waals surface area contributed by atoms with Crippen LogP contribution in [0.3, 0.4) is 0 Å². The molecule has 5 N–H and O–H groups in total. The van der Waals surface area contributed by atoms with Gasteiger partial charge in [-0.2, -0.15) is 0 Å². The van der Waals surface area contributed by atoms with Crippen LogP contribution in [0.1, 0.15) is 6.92 Å². The van der Waals surface area contributed by atoms with E-state index in [1.165, 1.54) is 20.1 Å². The van der Waals surface area contributed by atoms with Crippen molar-refractivity contribution in [3.8, 4) is 23.0 Å². The summed E-state index contributed by atoms with van der Waals surface area (Å²) in [7, 11) is 1.25. The molecule has 4 aromatic rings. The standard InChI is InChI=1S/C21H18O12/c1-5-12(23)14(25)15(26)21(30-5)33-16-9(29-2)4-7-11-10-6(19(27)32-18(11)16)3-8(22)13(24)17(10)31-20(7)28/h3-5,12,14-15,21-26H,1-2H3/t5-,12-,14+,15+,21-/m0/s1. The maximum atomic E-state index is 12.7. The van der Waals surface area contributed by atoms with Crippen molar-refractivity contribution in [2.24, 2.45) is 0 Å². The Morgan fingerprint density at radius 1 is 0.879 bits per heavy atom. The van der Waals surface area contributed by atoms with Gasteiger partial charge in [0.05, 0.1) is 24.0 Å². The quantitative estimate of drug-likeness (QED) is 0.157. The van der Waals surface area contributed by atoms with Gasteiger partial charge in [0.15, 0.2) is 22.7 Å². The molecule has 2 aromatic heterocycles. The highest BCUT2D eigenvalue weighted by Crippen LogP contribution is 2.46. The van der Waals surface area contributed by atoms with E-state index >= 15 is 0 Å². The van der Waals surface area contributed by atoms with Gasteiger partial charge in [0.2, 0.25) is 17.8 Å². The Kier molecular flexibility index (Phi) is 4.65. The summed E-state index contributed by atoms with van der Waals surface area (Å²) in [6.07, 6.45) is -7.08. The van der Waals surface area contributed by atoms with Crippen LogP contribution >= 0.6 is 0 Å². The van der Waals surface area contributed by atoms with E-state index < -0.39 is 59.0 Å². The van der Waals surface area contributed by atoms with E-state index in [1.807, 2.05) is 0 Å². The molecule has 0 spiro atoms. The van der Waals surface area contributed by atoms with E-state index in [4.69, 9.17) is 23.0 Å². The second kappa shape index (κ2) is 7.22. The Balaban J connectivity index is 1.83. The zero-order valence-corrected chi connectivity index (χ0v) is 17.1. The van der Waals surface area contributed by atoms with Crippen molar-refractivity contribution in [3.63, 3.8) is 0 Å². The van der Waals surface area contributed by atoms with Crippen molar-refractivity contribution in [1.82, 2.24) is 0 Å². The third-order valence-corrected chi connectivity index (χ3v) is 5.78. The Bertz CT molecular complexity index is 1500. The number of aliphatic hydroxyl groups excluding tert-OH is 3. The molecule has 0 unspecified atom stereocenters. The minimum atomic E-state index is -1.68. The summed E-state index contributed by atoms with van der Waals surface area (Å²) >= 11 is 0. The SMILES string of the molecule is COc1cc2c(=O)oc3c(O)c(O)cc4c(=O)oc(c1O[C@@H]1O[C@@H](C)[C@H](O)[C@@H](O)[C@H]1O)c2c34. The zero-order valence-electron chi connectivity index (χ0n) is 17.1. The highest BCUT2D eigenvalue weighted by molar-refractivity contribution is 6.22. The number of phenols is 2. The molecule has 0 aliphatic carbocycles. The van der Waals surface area contributed by atoms with Crippen LogP contribution in [0.2, 0.25) is 0 Å². The number of ether oxygens (including phenoxy) is 3. The fourth-order valence-electron chi connectivity index (χ4n) is 4.05. The Morgan fingerprint density at radius 3 is 2.15 bits per heavy atom. The number of phenolic OH excluding ortho intramolecular Hbond substituents is 2. The second-order valence-electron chi connectivity index (χ2n) is 7.73. The van der Waals surface area contributed by atoms with Crippen molar-refractivity contribution < 1.29 is 48.6 Å². The monoisotopic (exact) mass is 462 g/mol. The number of rotatable bonds is 3. The van der Waals surface area contributed by atoms with E-state index in [2.05, 4.69) is 0 Å². The van der Waals surface area contributed by atoms with Crippen molar-refractivity contribution in [2.75, 3.05) is 7.11 Å². The molecule has 12 nitrogen and oxygen atoms in total. The molecule has 1 fully saturated rings. The first-order chi connectivity index (χ1) is 15.6. The molecule has 5 rings (SSSR count). The molecular weight excluding hydrogens is 444 g/mol. The van der Waals surface area contributed by atoms with Gasteiger partial charge in [0, 0.05) is 10.8 Å². The summed E-state index contributed by atoms with van der Waals surface area (Å²) < 4.78 is 27.0. The molecule has 174 valence electrons. The molecule has 5 atom stereocenters. The third-order valence-electron chi connectivity index (χ3n) is 5.78. The maximum absolute atomic E-state index is 12.7. The third kappa shape index (κ3) is 2.92. The first-order valence-corrected chi connectivity index (χ1v) is 9.79. The highest BCUT2D eigenvalue weighted by Gasteiger charge is 2.44. The van der Waals surface area contributed by atoms with Gasteiger partial charge in [-0.05, 0) is 19.1 Å². The normalized spacial score (nSPS) is 25.8. The summed E-state index contributed by atoms with van der Waals surface area (Å²) in [6, 6.07) is 2.22. The van der Waals surface area contributed by atoms with Crippen LogP contribution in [-0.2, 0) is 4.74 Å². The van der Waals surface area contributed by atoms with Crippen LogP contribution in [0.5, 0.6) is 23.0 Å². The van der Waals surface area contributed by atoms with Crippen molar-refractivity contribution >= 4 is 32.7 Å². The van der Waals surface area contributed by atoms with Crippen molar-refractivity contribution in [1.29, 1.82) is 0 Å². The predicted molar refractivity (Wildman–Crippen MR) is 110 cm³/mol. The molecule has 2 aromatic carbocycles. The van der Waals surface area contributed by atoms with Gasteiger partial charge < -0.3 is 48.6 Å². The maximum Gasteiger partial charge on any atom is 0.344 e. The van der Waals surface area contributed by atoms with E-state index in [-0.39, 0.29) is 38.6 Å². The lowest BCUT2D eigenvalue weighted by Gasteiger charge is -2.39. The summed E-state index contributed by atoms with van der Waals surface area (Å²) in [4.78, 5) is 25.4. The highest BCUT2D eigenvalue weighted by atomic mass is 16.7.